The highest BCUT2D eigenvalue weighted by atomic mass is 32.1. The molecule has 0 aliphatic heterocycles. The van der Waals surface area contributed by atoms with Crippen LogP contribution in [0, 0.1) is 5.92 Å². The molecule has 0 aromatic carbocycles. The lowest BCUT2D eigenvalue weighted by Crippen LogP contribution is -2.25. The van der Waals surface area contributed by atoms with E-state index in [2.05, 4.69) is 0 Å². The first-order chi connectivity index (χ1) is 7.20. The molecule has 1 atom stereocenters. The first kappa shape index (κ1) is 11.9. The molecule has 0 bridgehead atoms. The number of thiophene rings is 1. The van der Waals surface area contributed by atoms with Crippen molar-refractivity contribution in [2.24, 2.45) is 5.92 Å². The second-order valence-electron chi connectivity index (χ2n) is 3.09. The summed E-state index contributed by atoms with van der Waals surface area (Å²) in [5.41, 5.74) is 0.597. The number of hydrogen-bond donors (Lipinski definition) is 0. The Kier molecular flexibility index (Phi) is 4.49. The minimum absolute atomic E-state index is 0.141. The van der Waals surface area contributed by atoms with E-state index in [1.165, 1.54) is 11.3 Å². The van der Waals surface area contributed by atoms with Crippen molar-refractivity contribution in [1.29, 1.82) is 0 Å². The van der Waals surface area contributed by atoms with E-state index in [0.29, 0.717) is 18.6 Å². The van der Waals surface area contributed by atoms with Crippen molar-refractivity contribution >= 4 is 23.1 Å². The van der Waals surface area contributed by atoms with Gasteiger partial charge < -0.3 is 4.74 Å². The van der Waals surface area contributed by atoms with E-state index >= 15 is 0 Å². The van der Waals surface area contributed by atoms with Crippen LogP contribution in [-0.2, 0) is 9.53 Å². The summed E-state index contributed by atoms with van der Waals surface area (Å²) in [5.74, 6) is -1.21. The fourth-order valence-corrected chi connectivity index (χ4v) is 1.95. The van der Waals surface area contributed by atoms with E-state index in [4.69, 9.17) is 4.74 Å². The molecule has 4 heteroatoms. The monoisotopic (exact) mass is 226 g/mol. The zero-order valence-electron chi connectivity index (χ0n) is 8.86. The number of Topliss-reactive ketones (excluding diaryl/α,β-unsaturated/α-hetero) is 1. The summed E-state index contributed by atoms with van der Waals surface area (Å²) >= 11 is 1.45. The van der Waals surface area contributed by atoms with Crippen LogP contribution in [0.4, 0.5) is 0 Å². The van der Waals surface area contributed by atoms with Crippen LogP contribution >= 0.6 is 11.3 Å². The van der Waals surface area contributed by atoms with Gasteiger partial charge in [-0.1, -0.05) is 6.92 Å². The number of rotatable bonds is 5. The Bertz CT molecular complexity index is 330. The second kappa shape index (κ2) is 5.66. The molecule has 0 amide bonds. The zero-order valence-corrected chi connectivity index (χ0v) is 9.67. The minimum atomic E-state index is -0.653. The Labute approximate surface area is 93.1 Å². The fourth-order valence-electron chi connectivity index (χ4n) is 1.31. The van der Waals surface area contributed by atoms with Gasteiger partial charge in [0.15, 0.2) is 5.78 Å². The highest BCUT2D eigenvalue weighted by Gasteiger charge is 2.27. The van der Waals surface area contributed by atoms with Gasteiger partial charge in [-0.05, 0) is 24.8 Å². The highest BCUT2D eigenvalue weighted by molar-refractivity contribution is 7.08. The van der Waals surface area contributed by atoms with Gasteiger partial charge in [-0.3, -0.25) is 9.59 Å². The number of carbonyl (C=O) groups excluding carboxylic acids is 2. The molecule has 0 saturated carbocycles. The van der Waals surface area contributed by atoms with Gasteiger partial charge in [0, 0.05) is 10.9 Å². The summed E-state index contributed by atoms with van der Waals surface area (Å²) in [5, 5.41) is 3.58. The van der Waals surface area contributed by atoms with Gasteiger partial charge in [0.2, 0.25) is 0 Å². The van der Waals surface area contributed by atoms with Crippen molar-refractivity contribution in [3.63, 3.8) is 0 Å². The molecule has 0 fully saturated rings. The number of hydrogen-bond acceptors (Lipinski definition) is 4. The fraction of sp³-hybridized carbons (Fsp3) is 0.455. The lowest BCUT2D eigenvalue weighted by atomic mass is 9.97. The molecule has 1 aromatic rings. The second-order valence-corrected chi connectivity index (χ2v) is 3.87. The Hall–Kier alpha value is -1.16. The Balaban J connectivity index is 2.75. The van der Waals surface area contributed by atoms with E-state index in [1.807, 2.05) is 12.3 Å². The smallest absolute Gasteiger partial charge is 0.316 e. The van der Waals surface area contributed by atoms with E-state index in [9.17, 15) is 9.59 Å². The zero-order chi connectivity index (χ0) is 11.3. The molecule has 0 N–H and O–H groups in total. The Morgan fingerprint density at radius 2 is 2.20 bits per heavy atom. The lowest BCUT2D eigenvalue weighted by Gasteiger charge is -2.11. The maximum absolute atomic E-state index is 11.9. The number of ketones is 1. The summed E-state index contributed by atoms with van der Waals surface area (Å²) in [6, 6.07) is 1.73. The molecule has 1 unspecified atom stereocenters. The first-order valence-corrected chi connectivity index (χ1v) is 5.88. The summed E-state index contributed by atoms with van der Waals surface area (Å²) in [6.45, 7) is 3.86. The quantitative estimate of drug-likeness (QED) is 0.440. The molecule has 82 valence electrons. The molecule has 0 spiro atoms. The van der Waals surface area contributed by atoms with Crippen LogP contribution in [0.1, 0.15) is 30.6 Å². The van der Waals surface area contributed by atoms with Crippen LogP contribution in [0.5, 0.6) is 0 Å². The van der Waals surface area contributed by atoms with Crippen molar-refractivity contribution in [2.75, 3.05) is 6.61 Å². The molecule has 1 heterocycles. The maximum Gasteiger partial charge on any atom is 0.316 e. The summed E-state index contributed by atoms with van der Waals surface area (Å²) in [7, 11) is 0. The van der Waals surface area contributed by atoms with Gasteiger partial charge >= 0.3 is 5.97 Å². The third-order valence-corrected chi connectivity index (χ3v) is 2.78. The predicted octanol–water partition coefficient (Wildman–Crippen LogP) is 2.52. The number of carbonyl (C=O) groups is 2. The molecule has 1 rings (SSSR count). The van der Waals surface area contributed by atoms with Crippen LogP contribution < -0.4 is 0 Å². The molecule has 0 aliphatic carbocycles. The van der Waals surface area contributed by atoms with Crippen LogP contribution in [0.15, 0.2) is 16.8 Å². The molecule has 3 nitrogen and oxygen atoms in total. The van der Waals surface area contributed by atoms with Gasteiger partial charge in [0.1, 0.15) is 5.92 Å². The van der Waals surface area contributed by atoms with E-state index in [-0.39, 0.29) is 5.78 Å². The van der Waals surface area contributed by atoms with Crippen LogP contribution in [0.3, 0.4) is 0 Å². The molecule has 0 aliphatic rings. The molecule has 0 saturated heterocycles. The normalized spacial score (nSPS) is 12.1. The van der Waals surface area contributed by atoms with E-state index in [1.54, 1.807) is 18.4 Å². The molecule has 15 heavy (non-hydrogen) atoms. The third-order valence-electron chi connectivity index (χ3n) is 2.10. The molecular weight excluding hydrogens is 212 g/mol. The van der Waals surface area contributed by atoms with Crippen molar-refractivity contribution in [2.45, 2.75) is 20.3 Å². The SMILES string of the molecule is CCOC(=O)C(CC)C(=O)c1ccsc1. The van der Waals surface area contributed by atoms with E-state index in [0.717, 1.165) is 0 Å². The Morgan fingerprint density at radius 3 is 2.67 bits per heavy atom. The largest absolute Gasteiger partial charge is 0.465 e. The summed E-state index contributed by atoms with van der Waals surface area (Å²) in [4.78, 5) is 23.3. The van der Waals surface area contributed by atoms with Crippen molar-refractivity contribution in [3.8, 4) is 0 Å². The highest BCUT2D eigenvalue weighted by Crippen LogP contribution is 2.16. The molecular formula is C11H14O3S. The minimum Gasteiger partial charge on any atom is -0.465 e. The Morgan fingerprint density at radius 1 is 1.47 bits per heavy atom. The average molecular weight is 226 g/mol. The van der Waals surface area contributed by atoms with Crippen molar-refractivity contribution < 1.29 is 14.3 Å². The number of ether oxygens (including phenoxy) is 1. The standard InChI is InChI=1S/C11H14O3S/c1-3-9(11(13)14-4-2)10(12)8-5-6-15-7-8/h5-7,9H,3-4H2,1-2H3. The van der Waals surface area contributed by atoms with Gasteiger partial charge in [0.05, 0.1) is 6.61 Å². The lowest BCUT2D eigenvalue weighted by molar-refractivity contribution is -0.146. The van der Waals surface area contributed by atoms with Crippen LogP contribution in [0.2, 0.25) is 0 Å². The van der Waals surface area contributed by atoms with Gasteiger partial charge in [0.25, 0.3) is 0 Å². The van der Waals surface area contributed by atoms with Gasteiger partial charge in [-0.25, -0.2) is 0 Å². The first-order valence-electron chi connectivity index (χ1n) is 4.93. The van der Waals surface area contributed by atoms with Crippen molar-refractivity contribution in [3.05, 3.63) is 22.4 Å². The molecule has 0 radical (unpaired) electrons. The van der Waals surface area contributed by atoms with E-state index < -0.39 is 11.9 Å². The van der Waals surface area contributed by atoms with Crippen LogP contribution in [0.25, 0.3) is 0 Å². The van der Waals surface area contributed by atoms with Crippen molar-refractivity contribution in [1.82, 2.24) is 0 Å². The maximum atomic E-state index is 11.9. The summed E-state index contributed by atoms with van der Waals surface area (Å²) in [6.07, 6.45) is 0.480. The predicted molar refractivity (Wildman–Crippen MR) is 59.1 cm³/mol. The molecule has 1 aromatic heterocycles. The summed E-state index contributed by atoms with van der Waals surface area (Å²) < 4.78 is 4.86. The average Bonchev–Trinajstić information content (AvgIpc) is 2.71. The number of esters is 1. The van der Waals surface area contributed by atoms with Gasteiger partial charge in [-0.15, -0.1) is 0 Å². The topological polar surface area (TPSA) is 43.4 Å². The van der Waals surface area contributed by atoms with Gasteiger partial charge in [-0.2, -0.15) is 11.3 Å². The van der Waals surface area contributed by atoms with Crippen LogP contribution in [-0.4, -0.2) is 18.4 Å². The third kappa shape index (κ3) is 2.89.